The number of nitrogens with zero attached hydrogens (tertiary/aromatic N) is 4. The van der Waals surface area contributed by atoms with Crippen molar-refractivity contribution in [2.45, 2.75) is 65.6 Å². The second-order valence-electron chi connectivity index (χ2n) is 10.9. The Morgan fingerprint density at radius 1 is 1.16 bits per heavy atom. The zero-order valence-corrected chi connectivity index (χ0v) is 26.4. The molecule has 234 valence electrons. The third kappa shape index (κ3) is 6.53. The molecule has 0 saturated carbocycles. The number of aromatic nitrogens is 3. The molecule has 0 radical (unpaired) electrons. The monoisotopic (exact) mass is 642 g/mol. The Balaban J connectivity index is 1.50. The first-order valence-corrected chi connectivity index (χ1v) is 16.2. The van der Waals surface area contributed by atoms with Crippen LogP contribution in [-0.2, 0) is 39.5 Å². The van der Waals surface area contributed by atoms with E-state index in [9.17, 15) is 18.3 Å². The van der Waals surface area contributed by atoms with Crippen LogP contribution >= 0.6 is 11.6 Å². The smallest absolute Gasteiger partial charge is 0.385 e. The van der Waals surface area contributed by atoms with Gasteiger partial charge in [-0.05, 0) is 73.6 Å². The number of aryl methyl sites for hydroxylation is 3. The fraction of sp³-hybridized carbons (Fsp3) is 0.387. The Morgan fingerprint density at radius 2 is 1.95 bits per heavy atom. The van der Waals surface area contributed by atoms with Gasteiger partial charge < -0.3 is 19.1 Å². The van der Waals surface area contributed by atoms with Crippen LogP contribution in [0.4, 0.5) is 0 Å². The Morgan fingerprint density at radius 3 is 2.70 bits per heavy atom. The van der Waals surface area contributed by atoms with Crippen molar-refractivity contribution in [2.24, 2.45) is 0 Å². The van der Waals surface area contributed by atoms with E-state index in [0.29, 0.717) is 18.5 Å². The number of carbonyl (C=O) groups is 1. The SMILES string of the molecule is CCOC(=O)CC(c1ccc(C)c(CN2Cc3cc(O)c(Cl)cc3OS2(=O)=O)c1)c1ccc2c(nnn2CCCCO)c1C. The molecule has 1 aliphatic rings. The molecule has 0 bridgehead atoms. The van der Waals surface area contributed by atoms with Gasteiger partial charge in [-0.2, -0.15) is 12.7 Å². The van der Waals surface area contributed by atoms with Gasteiger partial charge in [-0.1, -0.05) is 41.1 Å². The molecule has 1 aromatic heterocycles. The van der Waals surface area contributed by atoms with Crippen molar-refractivity contribution in [3.05, 3.63) is 80.9 Å². The fourth-order valence-electron chi connectivity index (χ4n) is 5.52. The molecule has 0 saturated heterocycles. The number of hydrogen-bond acceptors (Lipinski definition) is 9. The third-order valence-corrected chi connectivity index (χ3v) is 9.51. The molecule has 0 amide bonds. The number of aliphatic hydroxyl groups excluding tert-OH is 1. The van der Waals surface area contributed by atoms with Gasteiger partial charge in [0.25, 0.3) is 0 Å². The summed E-state index contributed by atoms with van der Waals surface area (Å²) in [6, 6.07) is 12.4. The van der Waals surface area contributed by atoms with Gasteiger partial charge in [-0.25, -0.2) is 4.68 Å². The molecule has 1 unspecified atom stereocenters. The van der Waals surface area contributed by atoms with Crippen molar-refractivity contribution in [2.75, 3.05) is 13.2 Å². The van der Waals surface area contributed by atoms with Crippen LogP contribution in [0.2, 0.25) is 5.02 Å². The topological polar surface area (TPSA) is 144 Å². The quantitative estimate of drug-likeness (QED) is 0.172. The van der Waals surface area contributed by atoms with Gasteiger partial charge in [0.2, 0.25) is 0 Å². The van der Waals surface area contributed by atoms with Gasteiger partial charge in [0, 0.05) is 43.8 Å². The van der Waals surface area contributed by atoms with Crippen molar-refractivity contribution in [1.82, 2.24) is 19.3 Å². The summed E-state index contributed by atoms with van der Waals surface area (Å²) in [7, 11) is -4.14. The molecule has 1 aliphatic heterocycles. The minimum Gasteiger partial charge on any atom is -0.506 e. The highest BCUT2D eigenvalue weighted by atomic mass is 35.5. The molecule has 5 rings (SSSR count). The second kappa shape index (κ2) is 13.1. The number of carbonyl (C=O) groups excluding carboxylic acids is 1. The first-order valence-electron chi connectivity index (χ1n) is 14.4. The summed E-state index contributed by atoms with van der Waals surface area (Å²) in [5.74, 6) is -0.828. The Bertz CT molecular complexity index is 1810. The molecule has 3 aromatic carbocycles. The lowest BCUT2D eigenvalue weighted by molar-refractivity contribution is -0.143. The minimum absolute atomic E-state index is 0.00122. The molecular formula is C31H35ClN4O7S. The van der Waals surface area contributed by atoms with Crippen molar-refractivity contribution in [3.8, 4) is 11.5 Å². The van der Waals surface area contributed by atoms with Gasteiger partial charge in [-0.15, -0.1) is 5.10 Å². The number of unbranched alkanes of at least 4 members (excludes halogenated alkanes) is 1. The van der Waals surface area contributed by atoms with Crippen LogP contribution in [0.25, 0.3) is 11.0 Å². The number of phenolic OH excluding ortho intramolecular Hbond substituents is 1. The number of esters is 1. The normalized spacial score (nSPS) is 15.1. The van der Waals surface area contributed by atoms with Gasteiger partial charge in [0.1, 0.15) is 17.0 Å². The van der Waals surface area contributed by atoms with Crippen molar-refractivity contribution >= 4 is 38.9 Å². The van der Waals surface area contributed by atoms with E-state index >= 15 is 0 Å². The maximum absolute atomic E-state index is 13.1. The molecule has 44 heavy (non-hydrogen) atoms. The highest BCUT2D eigenvalue weighted by Crippen LogP contribution is 2.38. The van der Waals surface area contributed by atoms with E-state index in [2.05, 4.69) is 10.3 Å². The molecule has 2 heterocycles. The summed E-state index contributed by atoms with van der Waals surface area (Å²) in [5.41, 5.74) is 6.27. The number of aliphatic hydroxyl groups is 1. The number of rotatable bonds is 11. The number of fused-ring (bicyclic) bond motifs is 2. The van der Waals surface area contributed by atoms with Crippen LogP contribution in [0.5, 0.6) is 11.5 Å². The van der Waals surface area contributed by atoms with Crippen molar-refractivity contribution < 1.29 is 32.3 Å². The predicted molar refractivity (Wildman–Crippen MR) is 165 cm³/mol. The lowest BCUT2D eigenvalue weighted by atomic mass is 9.84. The second-order valence-corrected chi connectivity index (χ2v) is 12.8. The van der Waals surface area contributed by atoms with Gasteiger partial charge >= 0.3 is 16.3 Å². The lowest BCUT2D eigenvalue weighted by Crippen LogP contribution is -2.37. The van der Waals surface area contributed by atoms with Crippen LogP contribution in [0.1, 0.15) is 65.5 Å². The van der Waals surface area contributed by atoms with E-state index < -0.39 is 16.2 Å². The van der Waals surface area contributed by atoms with E-state index in [4.69, 9.17) is 25.6 Å². The van der Waals surface area contributed by atoms with Crippen LogP contribution in [0.15, 0.2) is 42.5 Å². The van der Waals surface area contributed by atoms with Crippen LogP contribution in [0.3, 0.4) is 0 Å². The maximum Gasteiger partial charge on any atom is 0.385 e. The van der Waals surface area contributed by atoms with E-state index in [1.54, 1.807) is 6.92 Å². The zero-order valence-electron chi connectivity index (χ0n) is 24.8. The molecule has 0 fully saturated rings. The highest BCUT2D eigenvalue weighted by molar-refractivity contribution is 7.84. The zero-order chi connectivity index (χ0) is 31.6. The maximum atomic E-state index is 13.1. The summed E-state index contributed by atoms with van der Waals surface area (Å²) in [4.78, 5) is 12.8. The van der Waals surface area contributed by atoms with Crippen molar-refractivity contribution in [3.63, 3.8) is 0 Å². The van der Waals surface area contributed by atoms with Crippen LogP contribution < -0.4 is 4.18 Å². The molecule has 0 spiro atoms. The number of ether oxygens (including phenoxy) is 1. The minimum atomic E-state index is -4.14. The number of hydrogen-bond donors (Lipinski definition) is 2. The number of benzene rings is 3. The van der Waals surface area contributed by atoms with Crippen molar-refractivity contribution in [1.29, 1.82) is 0 Å². The first-order chi connectivity index (χ1) is 21.0. The van der Waals surface area contributed by atoms with Gasteiger partial charge in [0.15, 0.2) is 0 Å². The Kier molecular flexibility index (Phi) is 9.45. The average molecular weight is 643 g/mol. The molecule has 11 nitrogen and oxygen atoms in total. The fourth-order valence-corrected chi connectivity index (χ4v) is 6.76. The highest BCUT2D eigenvalue weighted by Gasteiger charge is 2.33. The van der Waals surface area contributed by atoms with Gasteiger partial charge in [0.05, 0.1) is 23.6 Å². The molecule has 1 atom stereocenters. The first kappa shape index (κ1) is 31.7. The number of halogens is 1. The summed E-state index contributed by atoms with van der Waals surface area (Å²) < 4.78 is 39.8. The standard InChI is InChI=1S/C31H35ClN4O7S/c1-4-42-30(39)15-25(24-9-10-27-31(20(24)3)33-34-36(27)11-5-6-12-37)21-8-7-19(2)22(13-21)17-35-18-23-14-28(38)26(32)16-29(23)43-44(35,40)41/h7-10,13-14,16,25,37-38H,4-6,11-12,15,17-18H2,1-3H3. The third-order valence-electron chi connectivity index (χ3n) is 7.92. The molecule has 0 aliphatic carbocycles. The lowest BCUT2D eigenvalue weighted by Gasteiger charge is -2.29. The predicted octanol–water partition coefficient (Wildman–Crippen LogP) is 4.90. The molecular weight excluding hydrogens is 608 g/mol. The van der Waals surface area contributed by atoms with Gasteiger partial charge in [-0.3, -0.25) is 4.79 Å². The van der Waals surface area contributed by atoms with Crippen LogP contribution in [0, 0.1) is 13.8 Å². The number of aromatic hydroxyl groups is 1. The van der Waals surface area contributed by atoms with Crippen LogP contribution in [-0.4, -0.2) is 57.1 Å². The van der Waals surface area contributed by atoms with E-state index in [1.165, 1.54) is 16.4 Å². The molecule has 13 heteroatoms. The summed E-state index contributed by atoms with van der Waals surface area (Å²) >= 11 is 5.96. The average Bonchev–Trinajstić information content (AvgIpc) is 3.39. The summed E-state index contributed by atoms with van der Waals surface area (Å²) in [5, 5.41) is 28.0. The van der Waals surface area contributed by atoms with E-state index in [-0.39, 0.29) is 55.2 Å². The number of phenols is 1. The van der Waals surface area contributed by atoms with E-state index in [0.717, 1.165) is 45.3 Å². The molecule has 2 N–H and O–H groups in total. The summed E-state index contributed by atoms with van der Waals surface area (Å²) in [6.07, 6.45) is 1.52. The summed E-state index contributed by atoms with van der Waals surface area (Å²) in [6.45, 7) is 6.60. The Hall–Kier alpha value is -3.71. The largest absolute Gasteiger partial charge is 0.506 e. The molecule has 4 aromatic rings. The van der Waals surface area contributed by atoms with E-state index in [1.807, 2.05) is 48.9 Å². The Labute approximate surface area is 261 Å².